The summed E-state index contributed by atoms with van der Waals surface area (Å²) in [6.07, 6.45) is 1.25. The quantitative estimate of drug-likeness (QED) is 0.838. The maximum absolute atomic E-state index is 12.9. The van der Waals surface area contributed by atoms with Crippen LogP contribution in [0.4, 0.5) is 5.69 Å². The van der Waals surface area contributed by atoms with Crippen molar-refractivity contribution in [2.75, 3.05) is 18.5 Å². The van der Waals surface area contributed by atoms with E-state index in [1.54, 1.807) is 19.2 Å². The van der Waals surface area contributed by atoms with Gasteiger partial charge < -0.3 is 4.90 Å². The number of benzene rings is 1. The van der Waals surface area contributed by atoms with Crippen LogP contribution < -0.4 is 4.90 Å². The van der Waals surface area contributed by atoms with E-state index in [0.717, 1.165) is 10.6 Å². The van der Waals surface area contributed by atoms with Gasteiger partial charge in [-0.2, -0.15) is 4.31 Å². The Balaban J connectivity index is 1.87. The van der Waals surface area contributed by atoms with Crippen molar-refractivity contribution in [3.05, 3.63) is 47.3 Å². The first-order valence-electron chi connectivity index (χ1n) is 7.82. The summed E-state index contributed by atoms with van der Waals surface area (Å²) < 4.78 is 27.4. The van der Waals surface area contributed by atoms with E-state index in [1.807, 2.05) is 37.3 Å². The number of anilines is 1. The lowest BCUT2D eigenvalue weighted by molar-refractivity contribution is -0.121. The van der Waals surface area contributed by atoms with Gasteiger partial charge in [0.2, 0.25) is 5.91 Å². The zero-order valence-electron chi connectivity index (χ0n) is 13.7. The molecule has 0 radical (unpaired) electrons. The molecule has 3 rings (SSSR count). The van der Waals surface area contributed by atoms with Crippen molar-refractivity contribution in [3.8, 4) is 0 Å². The Hall–Kier alpha value is -1.70. The van der Waals surface area contributed by atoms with E-state index in [1.165, 1.54) is 20.5 Å². The molecule has 5 nitrogen and oxygen atoms in total. The molecule has 0 spiro atoms. The first kappa shape index (κ1) is 17.1. The SMILES string of the molecule is Cc1ccc(S(=O)(=O)N2CCCC2C(=O)N(C)c2ccccc2)s1. The molecule has 1 atom stereocenters. The normalized spacial score (nSPS) is 18.7. The number of amides is 1. The number of aryl methyl sites for hydroxylation is 1. The molecule has 0 saturated carbocycles. The molecular formula is C17H20N2O3S2. The van der Waals surface area contributed by atoms with Gasteiger partial charge in [-0.3, -0.25) is 4.79 Å². The molecule has 1 saturated heterocycles. The third-order valence-electron chi connectivity index (χ3n) is 4.24. The minimum absolute atomic E-state index is 0.185. The molecular weight excluding hydrogens is 344 g/mol. The van der Waals surface area contributed by atoms with Gasteiger partial charge in [-0.15, -0.1) is 11.3 Å². The van der Waals surface area contributed by atoms with Gasteiger partial charge in [-0.25, -0.2) is 8.42 Å². The summed E-state index contributed by atoms with van der Waals surface area (Å²) in [5.74, 6) is -0.185. The fourth-order valence-electron chi connectivity index (χ4n) is 2.94. The molecule has 7 heteroatoms. The van der Waals surface area contributed by atoms with Crippen molar-refractivity contribution in [1.82, 2.24) is 4.31 Å². The molecule has 1 unspecified atom stereocenters. The van der Waals surface area contributed by atoms with Gasteiger partial charge in [0.1, 0.15) is 10.3 Å². The predicted molar refractivity (Wildman–Crippen MR) is 95.8 cm³/mol. The van der Waals surface area contributed by atoms with Crippen LogP contribution in [0.5, 0.6) is 0 Å². The van der Waals surface area contributed by atoms with E-state index in [2.05, 4.69) is 0 Å². The minimum Gasteiger partial charge on any atom is -0.314 e. The van der Waals surface area contributed by atoms with Crippen LogP contribution in [0.15, 0.2) is 46.7 Å². The third kappa shape index (κ3) is 3.11. The molecule has 0 N–H and O–H groups in total. The number of carbonyl (C=O) groups excluding carboxylic acids is 1. The Labute approximate surface area is 146 Å². The number of carbonyl (C=O) groups is 1. The van der Waals surface area contributed by atoms with Gasteiger partial charge in [0.15, 0.2) is 0 Å². The molecule has 2 aromatic rings. The largest absolute Gasteiger partial charge is 0.314 e. The molecule has 1 amide bonds. The van der Waals surface area contributed by atoms with Gasteiger partial charge in [0.05, 0.1) is 0 Å². The zero-order valence-corrected chi connectivity index (χ0v) is 15.3. The number of para-hydroxylation sites is 1. The molecule has 24 heavy (non-hydrogen) atoms. The van der Waals surface area contributed by atoms with Crippen molar-refractivity contribution in [1.29, 1.82) is 0 Å². The average molecular weight is 364 g/mol. The Morgan fingerprint density at radius 1 is 1.21 bits per heavy atom. The van der Waals surface area contributed by atoms with Crippen molar-refractivity contribution in [2.24, 2.45) is 0 Å². The second-order valence-electron chi connectivity index (χ2n) is 5.87. The van der Waals surface area contributed by atoms with Gasteiger partial charge in [-0.05, 0) is 44.0 Å². The van der Waals surface area contributed by atoms with E-state index in [4.69, 9.17) is 0 Å². The van der Waals surface area contributed by atoms with Gasteiger partial charge in [0.25, 0.3) is 10.0 Å². The second kappa shape index (κ2) is 6.66. The van der Waals surface area contributed by atoms with Crippen molar-refractivity contribution in [2.45, 2.75) is 30.0 Å². The van der Waals surface area contributed by atoms with E-state index < -0.39 is 16.1 Å². The first-order valence-corrected chi connectivity index (χ1v) is 10.1. The lowest BCUT2D eigenvalue weighted by Crippen LogP contribution is -2.46. The van der Waals surface area contributed by atoms with Crippen LogP contribution in [-0.2, 0) is 14.8 Å². The number of nitrogens with zero attached hydrogens (tertiary/aromatic N) is 2. The fourth-order valence-corrected chi connectivity index (χ4v) is 6.01. The number of thiophene rings is 1. The standard InChI is InChI=1S/C17H20N2O3S2/c1-13-10-11-16(23-13)24(21,22)19-12-6-9-15(19)17(20)18(2)14-7-4-3-5-8-14/h3-5,7-8,10-11,15H,6,9,12H2,1-2H3. The van der Waals surface area contributed by atoms with Crippen molar-refractivity contribution < 1.29 is 13.2 Å². The average Bonchev–Trinajstić information content (AvgIpc) is 3.23. The summed E-state index contributed by atoms with van der Waals surface area (Å²) in [6, 6.07) is 12.1. The van der Waals surface area contributed by atoms with Crippen LogP contribution >= 0.6 is 11.3 Å². The molecule has 1 aromatic carbocycles. The molecule has 0 bridgehead atoms. The Kier molecular flexibility index (Phi) is 4.76. The summed E-state index contributed by atoms with van der Waals surface area (Å²) in [6.45, 7) is 2.26. The predicted octanol–water partition coefficient (Wildman–Crippen LogP) is 2.87. The first-order chi connectivity index (χ1) is 11.4. The zero-order chi connectivity index (χ0) is 17.3. The third-order valence-corrected chi connectivity index (χ3v) is 7.62. The second-order valence-corrected chi connectivity index (χ2v) is 9.28. The number of hydrogen-bond donors (Lipinski definition) is 0. The highest BCUT2D eigenvalue weighted by Crippen LogP contribution is 2.31. The summed E-state index contributed by atoms with van der Waals surface area (Å²) in [5, 5.41) is 0. The van der Waals surface area contributed by atoms with Crippen LogP contribution in [0, 0.1) is 6.92 Å². The molecule has 1 aliphatic rings. The molecule has 1 aromatic heterocycles. The summed E-state index contributed by atoms with van der Waals surface area (Å²) in [4.78, 5) is 15.3. The number of hydrogen-bond acceptors (Lipinski definition) is 4. The molecule has 1 aliphatic heterocycles. The number of rotatable bonds is 4. The maximum Gasteiger partial charge on any atom is 0.253 e. The van der Waals surface area contributed by atoms with E-state index in [-0.39, 0.29) is 5.91 Å². The maximum atomic E-state index is 12.9. The van der Waals surface area contributed by atoms with Gasteiger partial charge in [0, 0.05) is 24.2 Å². The summed E-state index contributed by atoms with van der Waals surface area (Å²) in [7, 11) is -1.93. The number of likely N-dealkylation sites (N-methyl/N-ethyl adjacent to an activating group) is 1. The van der Waals surface area contributed by atoms with Crippen LogP contribution in [0.2, 0.25) is 0 Å². The highest BCUT2D eigenvalue weighted by Gasteiger charge is 2.41. The van der Waals surface area contributed by atoms with Crippen molar-refractivity contribution in [3.63, 3.8) is 0 Å². The van der Waals surface area contributed by atoms with E-state index in [0.29, 0.717) is 23.6 Å². The minimum atomic E-state index is -3.62. The van der Waals surface area contributed by atoms with Crippen LogP contribution in [0.1, 0.15) is 17.7 Å². The number of sulfonamides is 1. The van der Waals surface area contributed by atoms with Crippen LogP contribution in [0.3, 0.4) is 0 Å². The fraction of sp³-hybridized carbons (Fsp3) is 0.353. The molecule has 1 fully saturated rings. The lowest BCUT2D eigenvalue weighted by Gasteiger charge is -2.27. The van der Waals surface area contributed by atoms with Gasteiger partial charge >= 0.3 is 0 Å². The molecule has 2 heterocycles. The van der Waals surface area contributed by atoms with Gasteiger partial charge in [-0.1, -0.05) is 18.2 Å². The lowest BCUT2D eigenvalue weighted by atomic mass is 10.2. The highest BCUT2D eigenvalue weighted by molar-refractivity contribution is 7.91. The van der Waals surface area contributed by atoms with Crippen LogP contribution in [0.25, 0.3) is 0 Å². The monoisotopic (exact) mass is 364 g/mol. The molecule has 128 valence electrons. The smallest absolute Gasteiger partial charge is 0.253 e. The molecule has 0 aliphatic carbocycles. The Morgan fingerprint density at radius 2 is 1.92 bits per heavy atom. The summed E-state index contributed by atoms with van der Waals surface area (Å²) >= 11 is 1.25. The van der Waals surface area contributed by atoms with E-state index in [9.17, 15) is 13.2 Å². The van der Waals surface area contributed by atoms with E-state index >= 15 is 0 Å². The topological polar surface area (TPSA) is 57.7 Å². The highest BCUT2D eigenvalue weighted by atomic mass is 32.2. The Morgan fingerprint density at radius 3 is 2.54 bits per heavy atom. The summed E-state index contributed by atoms with van der Waals surface area (Å²) in [5.41, 5.74) is 0.763. The van der Waals surface area contributed by atoms with Crippen LogP contribution in [-0.4, -0.2) is 38.3 Å². The Bertz CT molecular complexity index is 831. The van der Waals surface area contributed by atoms with Crippen molar-refractivity contribution >= 4 is 33.0 Å².